The lowest BCUT2D eigenvalue weighted by atomic mass is 9.98. The van der Waals surface area contributed by atoms with Crippen molar-refractivity contribution in [2.75, 3.05) is 25.1 Å². The Bertz CT molecular complexity index is 2250. The molecule has 0 radical (unpaired) electrons. The fourth-order valence-electron chi connectivity index (χ4n) is 6.66. The molecule has 0 aliphatic heterocycles. The molecule has 10 nitrogen and oxygen atoms in total. The molecule has 276 valence electrons. The maximum atomic E-state index is 14.2. The number of nitrogens with zero attached hydrogens (tertiary/aromatic N) is 1. The maximum Gasteiger partial charge on any atom is 0.407 e. The van der Waals surface area contributed by atoms with Crippen LogP contribution in [-0.2, 0) is 29.6 Å². The Labute approximate surface area is 319 Å². The van der Waals surface area contributed by atoms with Crippen molar-refractivity contribution in [2.24, 2.45) is 0 Å². The molecule has 1 heterocycles. The third-order valence-electron chi connectivity index (χ3n) is 9.06. The number of anilines is 1. The van der Waals surface area contributed by atoms with Crippen molar-refractivity contribution in [3.05, 3.63) is 135 Å². The molecule has 4 aromatic carbocycles. The van der Waals surface area contributed by atoms with Crippen molar-refractivity contribution in [3.8, 4) is 28.5 Å². The van der Waals surface area contributed by atoms with Crippen LogP contribution in [0.25, 0.3) is 22.5 Å². The van der Waals surface area contributed by atoms with Crippen LogP contribution in [0.2, 0.25) is 0 Å². The van der Waals surface area contributed by atoms with E-state index in [9.17, 15) is 19.4 Å². The van der Waals surface area contributed by atoms with Crippen molar-refractivity contribution >= 4 is 43.0 Å². The predicted octanol–water partition coefficient (Wildman–Crippen LogP) is 9.23. The summed E-state index contributed by atoms with van der Waals surface area (Å²) in [5.41, 5.74) is 6.70. The van der Waals surface area contributed by atoms with E-state index in [0.29, 0.717) is 12.0 Å². The van der Waals surface area contributed by atoms with Gasteiger partial charge in [-0.25, -0.2) is 4.79 Å². The molecule has 12 heteroatoms. The highest BCUT2D eigenvalue weighted by atomic mass is 32.1. The van der Waals surface area contributed by atoms with Crippen molar-refractivity contribution in [3.63, 3.8) is 0 Å². The molecule has 0 saturated heterocycles. The fourth-order valence-corrected chi connectivity index (χ4v) is 8.95. The number of nitriles is 1. The first-order valence-corrected chi connectivity index (χ1v) is 19.6. The molecule has 0 fully saturated rings. The summed E-state index contributed by atoms with van der Waals surface area (Å²) in [6, 6.07) is 34.1. The van der Waals surface area contributed by atoms with Gasteiger partial charge in [-0.05, 0) is 55.0 Å². The van der Waals surface area contributed by atoms with Gasteiger partial charge < -0.3 is 23.5 Å². The van der Waals surface area contributed by atoms with Crippen molar-refractivity contribution < 1.29 is 32.4 Å². The molecule has 0 spiro atoms. The van der Waals surface area contributed by atoms with Crippen LogP contribution in [0.15, 0.2) is 108 Å². The van der Waals surface area contributed by atoms with Crippen LogP contribution in [0.5, 0.6) is 0 Å². The zero-order chi connectivity index (χ0) is 38.2. The number of carbonyl (C=O) groups excluding carboxylic acids is 2. The van der Waals surface area contributed by atoms with E-state index in [1.807, 2.05) is 85.8 Å². The zero-order valence-electron chi connectivity index (χ0n) is 30.2. The largest absolute Gasteiger partial charge is 0.449 e. The van der Waals surface area contributed by atoms with Gasteiger partial charge in [0, 0.05) is 23.9 Å². The SMILES string of the molecule is CCOP(=O)(OCC)c1c(NC(=O)C[C@H](Cc2ccccc2)NC(=O)OCC2c3ccccc3-c3ccccc32)oc(-c2ccc(C)cc2)c(C#N)c1=S. The van der Waals surface area contributed by atoms with Gasteiger partial charge in [-0.15, -0.1) is 0 Å². The normalized spacial score (nSPS) is 12.6. The van der Waals surface area contributed by atoms with Crippen LogP contribution in [0.4, 0.5) is 10.7 Å². The predicted molar refractivity (Wildman–Crippen MR) is 210 cm³/mol. The van der Waals surface area contributed by atoms with Crippen molar-refractivity contribution in [1.29, 1.82) is 5.26 Å². The zero-order valence-corrected chi connectivity index (χ0v) is 31.9. The first-order valence-electron chi connectivity index (χ1n) is 17.7. The molecule has 6 rings (SSSR count). The van der Waals surface area contributed by atoms with Crippen molar-refractivity contribution in [2.45, 2.75) is 45.6 Å². The second kappa shape index (κ2) is 17.2. The van der Waals surface area contributed by atoms with Gasteiger partial charge in [0.1, 0.15) is 23.5 Å². The number of ether oxygens (including phenoxy) is 1. The average Bonchev–Trinajstić information content (AvgIpc) is 3.48. The van der Waals surface area contributed by atoms with Gasteiger partial charge in [-0.2, -0.15) is 5.26 Å². The molecular weight excluding hydrogens is 722 g/mol. The number of aryl methyl sites for hydroxylation is 1. The third-order valence-corrected chi connectivity index (χ3v) is 11.8. The Hall–Kier alpha value is -5.37. The van der Waals surface area contributed by atoms with E-state index in [1.165, 1.54) is 0 Å². The number of alkyl carbamates (subject to hydrolysis) is 1. The Morgan fingerprint density at radius 1 is 0.889 bits per heavy atom. The number of amides is 2. The van der Waals surface area contributed by atoms with E-state index >= 15 is 0 Å². The molecule has 1 aliphatic rings. The summed E-state index contributed by atoms with van der Waals surface area (Å²) >= 11 is 5.74. The number of benzene rings is 4. The summed E-state index contributed by atoms with van der Waals surface area (Å²) in [5, 5.41) is 15.6. The van der Waals surface area contributed by atoms with Gasteiger partial charge in [-0.1, -0.05) is 121 Å². The quantitative estimate of drug-likeness (QED) is 0.0837. The van der Waals surface area contributed by atoms with E-state index < -0.39 is 25.6 Å². The number of nitrogens with one attached hydrogen (secondary N) is 2. The van der Waals surface area contributed by atoms with Gasteiger partial charge in [0.05, 0.1) is 17.7 Å². The molecular formula is C42H40N3O7PS. The highest BCUT2D eigenvalue weighted by Gasteiger charge is 2.37. The van der Waals surface area contributed by atoms with E-state index in [0.717, 1.165) is 33.4 Å². The Morgan fingerprint density at radius 2 is 1.48 bits per heavy atom. The van der Waals surface area contributed by atoms with Crippen LogP contribution in [0, 0.1) is 22.8 Å². The first-order chi connectivity index (χ1) is 26.1. The van der Waals surface area contributed by atoms with Crippen LogP contribution in [0.3, 0.4) is 0 Å². The summed E-state index contributed by atoms with van der Waals surface area (Å²) in [4.78, 5) is 27.4. The lowest BCUT2D eigenvalue weighted by Crippen LogP contribution is -2.40. The van der Waals surface area contributed by atoms with Crippen LogP contribution in [0.1, 0.15) is 54.0 Å². The molecule has 2 N–H and O–H groups in total. The van der Waals surface area contributed by atoms with E-state index in [-0.39, 0.29) is 59.2 Å². The van der Waals surface area contributed by atoms with Crippen LogP contribution < -0.4 is 15.9 Å². The highest BCUT2D eigenvalue weighted by molar-refractivity contribution is 7.73. The number of hydrogen-bond donors (Lipinski definition) is 2. The monoisotopic (exact) mass is 761 g/mol. The number of rotatable bonds is 14. The topological polar surface area (TPSA) is 140 Å². The van der Waals surface area contributed by atoms with Gasteiger partial charge in [0.15, 0.2) is 5.76 Å². The Kier molecular flexibility index (Phi) is 12.2. The molecule has 54 heavy (non-hydrogen) atoms. The van der Waals surface area contributed by atoms with E-state index in [4.69, 9.17) is 30.4 Å². The smallest absolute Gasteiger partial charge is 0.407 e. The lowest BCUT2D eigenvalue weighted by molar-refractivity contribution is -0.116. The summed E-state index contributed by atoms with van der Waals surface area (Å²) in [6.45, 7) is 5.28. The summed E-state index contributed by atoms with van der Waals surface area (Å²) in [7, 11) is -4.19. The second-order valence-corrected chi connectivity index (χ2v) is 15.1. The number of fused-ring (bicyclic) bond motifs is 3. The fraction of sp³-hybridized carbons (Fsp3) is 0.238. The summed E-state index contributed by atoms with van der Waals surface area (Å²) < 4.78 is 37.4. The molecule has 0 saturated carbocycles. The minimum atomic E-state index is -4.19. The first kappa shape index (κ1) is 38.4. The second-order valence-electron chi connectivity index (χ2n) is 12.7. The van der Waals surface area contributed by atoms with E-state index in [1.54, 1.807) is 26.0 Å². The number of carbonyl (C=O) groups is 2. The number of hydrogen-bond acceptors (Lipinski definition) is 9. The Balaban J connectivity index is 1.28. The van der Waals surface area contributed by atoms with Gasteiger partial charge >= 0.3 is 13.7 Å². The average molecular weight is 762 g/mol. The summed E-state index contributed by atoms with van der Waals surface area (Å²) in [6.07, 6.45) is -0.609. The Morgan fingerprint density at radius 3 is 2.07 bits per heavy atom. The minimum absolute atomic E-state index is 0.00968. The lowest BCUT2D eigenvalue weighted by Gasteiger charge is -2.22. The standard InChI is InChI=1S/C42H40N3O7PS/c1-4-50-53(48,51-5-2)39-40(54)35(25-43)38(29-21-19-27(3)20-22-29)52-41(39)45-37(46)24-30(23-28-13-7-6-8-14-28)44-42(47)49-26-36-33-17-11-9-15-31(33)32-16-10-12-18-34(32)36/h6-22,30,36H,4-5,23-24,26H2,1-3H3,(H,44,47)(H,45,46)/t30-/m0/s1. The van der Waals surface area contributed by atoms with Crippen LogP contribution >= 0.6 is 19.8 Å². The van der Waals surface area contributed by atoms with Crippen molar-refractivity contribution in [1.82, 2.24) is 5.32 Å². The highest BCUT2D eigenvalue weighted by Crippen LogP contribution is 2.50. The molecule has 0 bridgehead atoms. The molecule has 0 unspecified atom stereocenters. The van der Waals surface area contributed by atoms with Gasteiger partial charge in [-0.3, -0.25) is 14.7 Å². The molecule has 5 aromatic rings. The van der Waals surface area contributed by atoms with Gasteiger partial charge in [0.2, 0.25) is 11.8 Å². The van der Waals surface area contributed by atoms with Crippen LogP contribution in [-0.4, -0.2) is 37.9 Å². The minimum Gasteiger partial charge on any atom is -0.449 e. The molecule has 2 amide bonds. The van der Waals surface area contributed by atoms with E-state index in [2.05, 4.69) is 28.8 Å². The maximum absolute atomic E-state index is 14.2. The molecule has 1 aliphatic carbocycles. The summed E-state index contributed by atoms with van der Waals surface area (Å²) in [5.74, 6) is -0.923. The molecule has 1 aromatic heterocycles. The molecule has 1 atom stereocenters. The van der Waals surface area contributed by atoms with Gasteiger partial charge in [0.25, 0.3) is 0 Å². The third kappa shape index (κ3) is 8.38.